The maximum atomic E-state index is 12.9. The summed E-state index contributed by atoms with van der Waals surface area (Å²) in [4.78, 5) is 27.9. The quantitative estimate of drug-likeness (QED) is 0.749. The van der Waals surface area contributed by atoms with Crippen LogP contribution in [-0.4, -0.2) is 30.1 Å². The number of carbonyl (C=O) groups excluding carboxylic acids is 2. The first kappa shape index (κ1) is 17.8. The normalized spacial score (nSPS) is 20.6. The molecule has 0 unspecified atom stereocenters. The van der Waals surface area contributed by atoms with Crippen LogP contribution in [0.4, 0.5) is 0 Å². The van der Waals surface area contributed by atoms with Gasteiger partial charge in [-0.25, -0.2) is 0 Å². The van der Waals surface area contributed by atoms with E-state index < -0.39 is 0 Å². The Balaban J connectivity index is 1.82. The summed E-state index contributed by atoms with van der Waals surface area (Å²) in [5, 5.41) is 0. The van der Waals surface area contributed by atoms with Crippen molar-refractivity contribution >= 4 is 11.6 Å². The van der Waals surface area contributed by atoms with Crippen molar-refractivity contribution in [2.45, 2.75) is 44.4 Å². The number of benzene rings is 1. The van der Waals surface area contributed by atoms with E-state index in [4.69, 9.17) is 4.74 Å². The van der Waals surface area contributed by atoms with E-state index in [0.717, 1.165) is 59.5 Å². The predicted molar refractivity (Wildman–Crippen MR) is 104 cm³/mol. The fourth-order valence-electron chi connectivity index (χ4n) is 4.60. The van der Waals surface area contributed by atoms with Crippen LogP contribution >= 0.6 is 0 Å². The monoisotopic (exact) mass is 363 g/mol. The maximum Gasteiger partial charge on any atom is 0.161 e. The standard InChI is InChI=1S/C23H25NO3/c1-3-14-27-16-12-10-15(11-13-16)21-22-17(6-4-8-19(22)25)24(2)18-7-5-9-20(26)23(18)21/h3,10-13,21H,1,4-9,14H2,2H3. The third-order valence-corrected chi connectivity index (χ3v) is 5.83. The van der Waals surface area contributed by atoms with Gasteiger partial charge in [0.05, 0.1) is 0 Å². The van der Waals surface area contributed by atoms with E-state index in [2.05, 4.69) is 11.5 Å². The second-order valence-electron chi connectivity index (χ2n) is 7.43. The summed E-state index contributed by atoms with van der Waals surface area (Å²) in [5.74, 6) is 0.898. The van der Waals surface area contributed by atoms with Crippen molar-refractivity contribution in [3.05, 3.63) is 65.0 Å². The summed E-state index contributed by atoms with van der Waals surface area (Å²) in [7, 11) is 2.02. The highest BCUT2D eigenvalue weighted by molar-refractivity contribution is 6.06. The molecule has 27 heavy (non-hydrogen) atoms. The molecule has 0 saturated heterocycles. The summed E-state index contributed by atoms with van der Waals surface area (Å²) < 4.78 is 5.59. The molecule has 0 atom stereocenters. The highest BCUT2D eigenvalue weighted by Gasteiger charge is 2.42. The van der Waals surface area contributed by atoms with Crippen LogP contribution in [0.15, 0.2) is 59.5 Å². The van der Waals surface area contributed by atoms with Gasteiger partial charge in [0.1, 0.15) is 12.4 Å². The van der Waals surface area contributed by atoms with Gasteiger partial charge in [0.25, 0.3) is 0 Å². The molecule has 0 fully saturated rings. The second kappa shape index (κ2) is 7.18. The Kier molecular flexibility index (Phi) is 4.73. The number of ketones is 2. The highest BCUT2D eigenvalue weighted by atomic mass is 16.5. The minimum absolute atomic E-state index is 0.185. The van der Waals surface area contributed by atoms with Crippen LogP contribution in [0.5, 0.6) is 5.75 Å². The molecule has 4 rings (SSSR count). The van der Waals surface area contributed by atoms with Crippen molar-refractivity contribution in [3.63, 3.8) is 0 Å². The number of hydrogen-bond donors (Lipinski definition) is 0. The Hall–Kier alpha value is -2.62. The number of Topliss-reactive ketones (excluding diaryl/α,β-unsaturated/α-hetero) is 2. The lowest BCUT2D eigenvalue weighted by atomic mass is 9.71. The Morgan fingerprint density at radius 1 is 1.00 bits per heavy atom. The molecule has 0 amide bonds. The smallest absolute Gasteiger partial charge is 0.161 e. The molecule has 3 aliphatic rings. The SMILES string of the molecule is C=CCOc1ccc(C2C3=C(CCCC3=O)N(C)C3=C2C(=O)CCC3)cc1. The van der Waals surface area contributed by atoms with Crippen LogP contribution in [0.3, 0.4) is 0 Å². The van der Waals surface area contributed by atoms with Gasteiger partial charge in [0, 0.05) is 48.3 Å². The van der Waals surface area contributed by atoms with Crippen LogP contribution < -0.4 is 4.74 Å². The molecule has 1 heterocycles. The van der Waals surface area contributed by atoms with Gasteiger partial charge >= 0.3 is 0 Å². The van der Waals surface area contributed by atoms with E-state index >= 15 is 0 Å². The zero-order valence-electron chi connectivity index (χ0n) is 15.8. The second-order valence-corrected chi connectivity index (χ2v) is 7.43. The molecule has 0 N–H and O–H groups in total. The Morgan fingerprint density at radius 2 is 1.56 bits per heavy atom. The van der Waals surface area contributed by atoms with Gasteiger partial charge in [-0.15, -0.1) is 0 Å². The topological polar surface area (TPSA) is 46.6 Å². The number of allylic oxidation sites excluding steroid dienone is 4. The maximum absolute atomic E-state index is 12.9. The average molecular weight is 363 g/mol. The summed E-state index contributed by atoms with van der Waals surface area (Å²) >= 11 is 0. The van der Waals surface area contributed by atoms with Gasteiger partial charge in [-0.1, -0.05) is 24.8 Å². The zero-order valence-corrected chi connectivity index (χ0v) is 15.8. The summed E-state index contributed by atoms with van der Waals surface area (Å²) in [6.07, 6.45) is 6.43. The van der Waals surface area contributed by atoms with Crippen molar-refractivity contribution in [2.24, 2.45) is 0 Å². The number of hydrogen-bond acceptors (Lipinski definition) is 4. The summed E-state index contributed by atoms with van der Waals surface area (Å²) in [6.45, 7) is 4.12. The molecule has 0 radical (unpaired) electrons. The van der Waals surface area contributed by atoms with E-state index in [1.807, 2.05) is 31.3 Å². The van der Waals surface area contributed by atoms with Crippen molar-refractivity contribution < 1.29 is 14.3 Å². The van der Waals surface area contributed by atoms with Crippen molar-refractivity contribution in [2.75, 3.05) is 13.7 Å². The van der Waals surface area contributed by atoms with Crippen molar-refractivity contribution in [3.8, 4) is 5.75 Å². The van der Waals surface area contributed by atoms with E-state index in [9.17, 15) is 9.59 Å². The fourth-order valence-corrected chi connectivity index (χ4v) is 4.60. The minimum atomic E-state index is -0.236. The van der Waals surface area contributed by atoms with Crippen molar-refractivity contribution in [1.29, 1.82) is 0 Å². The third-order valence-electron chi connectivity index (χ3n) is 5.83. The molecule has 1 aromatic carbocycles. The van der Waals surface area contributed by atoms with Crippen LogP contribution in [0.25, 0.3) is 0 Å². The molecule has 1 aliphatic heterocycles. The predicted octanol–water partition coefficient (Wildman–Crippen LogP) is 4.29. The third kappa shape index (κ3) is 3.03. The molecule has 140 valence electrons. The number of carbonyl (C=O) groups is 2. The lowest BCUT2D eigenvalue weighted by Gasteiger charge is -2.42. The van der Waals surface area contributed by atoms with Gasteiger partial charge in [0.15, 0.2) is 11.6 Å². The van der Waals surface area contributed by atoms with Crippen LogP contribution in [-0.2, 0) is 9.59 Å². The molecule has 2 aliphatic carbocycles. The van der Waals surface area contributed by atoms with E-state index in [-0.39, 0.29) is 17.5 Å². The Morgan fingerprint density at radius 3 is 2.07 bits per heavy atom. The summed E-state index contributed by atoms with van der Waals surface area (Å²) in [5.41, 5.74) is 4.88. The molecule has 0 spiro atoms. The van der Waals surface area contributed by atoms with Gasteiger partial charge < -0.3 is 9.64 Å². The summed E-state index contributed by atoms with van der Waals surface area (Å²) in [6, 6.07) is 7.82. The minimum Gasteiger partial charge on any atom is -0.490 e. The zero-order chi connectivity index (χ0) is 19.0. The molecule has 0 aromatic heterocycles. The highest BCUT2D eigenvalue weighted by Crippen LogP contribution is 2.48. The van der Waals surface area contributed by atoms with Gasteiger partial charge in [-0.3, -0.25) is 9.59 Å². The number of rotatable bonds is 4. The van der Waals surface area contributed by atoms with Gasteiger partial charge in [0.2, 0.25) is 0 Å². The first-order valence-corrected chi connectivity index (χ1v) is 9.71. The largest absolute Gasteiger partial charge is 0.490 e. The molecular weight excluding hydrogens is 338 g/mol. The lowest BCUT2D eigenvalue weighted by Crippen LogP contribution is -2.37. The number of nitrogens with zero attached hydrogens (tertiary/aromatic N) is 1. The Bertz CT molecular complexity index is 816. The van der Waals surface area contributed by atoms with Gasteiger partial charge in [-0.2, -0.15) is 0 Å². The average Bonchev–Trinajstić information content (AvgIpc) is 2.68. The molecule has 4 nitrogen and oxygen atoms in total. The van der Waals surface area contributed by atoms with Gasteiger partial charge in [-0.05, 0) is 43.4 Å². The first-order valence-electron chi connectivity index (χ1n) is 9.71. The van der Waals surface area contributed by atoms with Crippen LogP contribution in [0.2, 0.25) is 0 Å². The molecule has 0 bridgehead atoms. The number of ether oxygens (including phenoxy) is 1. The van der Waals surface area contributed by atoms with E-state index in [0.29, 0.717) is 19.4 Å². The first-order chi connectivity index (χ1) is 13.1. The van der Waals surface area contributed by atoms with Crippen molar-refractivity contribution in [1.82, 2.24) is 4.90 Å². The van der Waals surface area contributed by atoms with Crippen LogP contribution in [0.1, 0.15) is 50.0 Å². The molecule has 0 saturated carbocycles. The Labute approximate surface area is 160 Å². The molecular formula is C23H25NO3. The molecule has 1 aromatic rings. The molecule has 4 heteroatoms. The lowest BCUT2D eigenvalue weighted by molar-refractivity contribution is -0.117. The fraction of sp³-hybridized carbons (Fsp3) is 0.391. The van der Waals surface area contributed by atoms with Crippen LogP contribution in [0, 0.1) is 0 Å². The van der Waals surface area contributed by atoms with E-state index in [1.165, 1.54) is 0 Å². The van der Waals surface area contributed by atoms with E-state index in [1.54, 1.807) is 6.08 Å².